The van der Waals surface area contributed by atoms with Crippen LogP contribution in [0.4, 0.5) is 5.13 Å². The molecule has 2 aromatic carbocycles. The number of halogens is 1. The fraction of sp³-hybridized carbons (Fsp3) is 0.269. The SMILES string of the molecule is CCn1cc(C(=O)O)c(=O)c2sc(N3CCN(C(c4ccccc4)c4ccc(Cl)cc4)CC3)nc21. The standard InChI is InChI=1S/C26H25ClN4O3S/c1-2-29-16-20(25(33)34)22(32)23-24(29)28-26(35-23)31-14-12-30(13-15-31)21(17-6-4-3-5-7-17)18-8-10-19(27)11-9-18/h3-11,16,21H,2,12-15H2,1H3,(H,33,34). The molecule has 1 fully saturated rings. The van der Waals surface area contributed by atoms with Gasteiger partial charge in [0.15, 0.2) is 10.8 Å². The van der Waals surface area contributed by atoms with Gasteiger partial charge in [0.05, 0.1) is 6.04 Å². The van der Waals surface area contributed by atoms with E-state index in [-0.39, 0.29) is 11.6 Å². The van der Waals surface area contributed by atoms with Crippen molar-refractivity contribution >= 4 is 44.4 Å². The van der Waals surface area contributed by atoms with Crippen LogP contribution in [-0.4, -0.2) is 51.7 Å². The minimum Gasteiger partial charge on any atom is -0.477 e. The first-order chi connectivity index (χ1) is 17.0. The summed E-state index contributed by atoms with van der Waals surface area (Å²) in [5, 5.41) is 10.9. The molecule has 0 aliphatic carbocycles. The molecule has 1 atom stereocenters. The van der Waals surface area contributed by atoms with E-state index in [4.69, 9.17) is 16.6 Å². The Morgan fingerprint density at radius 3 is 2.34 bits per heavy atom. The molecule has 7 nitrogen and oxygen atoms in total. The molecular weight excluding hydrogens is 484 g/mol. The highest BCUT2D eigenvalue weighted by Gasteiger charge is 2.28. The lowest BCUT2D eigenvalue weighted by atomic mass is 9.96. The van der Waals surface area contributed by atoms with Crippen molar-refractivity contribution in [3.05, 3.63) is 92.7 Å². The van der Waals surface area contributed by atoms with Crippen LogP contribution in [0.2, 0.25) is 5.02 Å². The number of hydrogen-bond donors (Lipinski definition) is 1. The van der Waals surface area contributed by atoms with Crippen LogP contribution in [0.15, 0.2) is 65.6 Å². The Labute approximate surface area is 211 Å². The molecule has 1 saturated heterocycles. The lowest BCUT2D eigenvalue weighted by Gasteiger charge is -2.39. The number of rotatable bonds is 6. The molecule has 0 spiro atoms. The monoisotopic (exact) mass is 508 g/mol. The van der Waals surface area contributed by atoms with Crippen molar-refractivity contribution < 1.29 is 9.90 Å². The minimum absolute atomic E-state index is 0.111. The number of anilines is 1. The Hall–Kier alpha value is -3.20. The number of aryl methyl sites for hydroxylation is 1. The van der Waals surface area contributed by atoms with Gasteiger partial charge in [-0.1, -0.05) is 65.4 Å². The van der Waals surface area contributed by atoms with Crippen LogP contribution >= 0.6 is 22.9 Å². The number of nitrogens with zero attached hydrogens (tertiary/aromatic N) is 4. The molecule has 9 heteroatoms. The van der Waals surface area contributed by atoms with Gasteiger partial charge in [-0.15, -0.1) is 0 Å². The second-order valence-corrected chi connectivity index (χ2v) is 9.91. The summed E-state index contributed by atoms with van der Waals surface area (Å²) in [4.78, 5) is 33.7. The van der Waals surface area contributed by atoms with E-state index < -0.39 is 11.4 Å². The summed E-state index contributed by atoms with van der Waals surface area (Å²) in [6.45, 7) is 5.58. The average Bonchev–Trinajstić information content (AvgIpc) is 3.33. The Bertz CT molecular complexity index is 1410. The van der Waals surface area contributed by atoms with Crippen molar-refractivity contribution in [1.29, 1.82) is 0 Å². The molecule has 3 heterocycles. The third kappa shape index (κ3) is 4.57. The first-order valence-corrected chi connectivity index (χ1v) is 12.7. The van der Waals surface area contributed by atoms with Gasteiger partial charge in [0.1, 0.15) is 10.3 Å². The normalized spacial score (nSPS) is 15.4. The number of piperazine rings is 1. The first kappa shape index (κ1) is 23.5. The topological polar surface area (TPSA) is 78.7 Å². The van der Waals surface area contributed by atoms with Crippen LogP contribution in [0.1, 0.15) is 34.5 Å². The predicted molar refractivity (Wildman–Crippen MR) is 140 cm³/mol. The van der Waals surface area contributed by atoms with Gasteiger partial charge in [-0.25, -0.2) is 9.78 Å². The molecule has 0 amide bonds. The number of aromatic carboxylic acids is 1. The summed E-state index contributed by atoms with van der Waals surface area (Å²) >= 11 is 7.43. The lowest BCUT2D eigenvalue weighted by molar-refractivity contribution is 0.0695. The van der Waals surface area contributed by atoms with Crippen LogP contribution < -0.4 is 10.3 Å². The van der Waals surface area contributed by atoms with Crippen molar-refractivity contribution in [3.63, 3.8) is 0 Å². The van der Waals surface area contributed by atoms with E-state index >= 15 is 0 Å². The number of pyridine rings is 1. The number of hydrogen-bond acceptors (Lipinski definition) is 6. The molecule has 35 heavy (non-hydrogen) atoms. The zero-order chi connectivity index (χ0) is 24.5. The summed E-state index contributed by atoms with van der Waals surface area (Å²) < 4.78 is 2.13. The maximum atomic E-state index is 12.8. The molecule has 2 aromatic heterocycles. The van der Waals surface area contributed by atoms with Crippen molar-refractivity contribution in [2.45, 2.75) is 19.5 Å². The summed E-state index contributed by atoms with van der Waals surface area (Å²) in [7, 11) is 0. The largest absolute Gasteiger partial charge is 0.477 e. The molecule has 1 aliphatic rings. The summed E-state index contributed by atoms with van der Waals surface area (Å²) in [6.07, 6.45) is 1.39. The Balaban J connectivity index is 1.42. The average molecular weight is 509 g/mol. The van der Waals surface area contributed by atoms with Crippen molar-refractivity contribution in [1.82, 2.24) is 14.5 Å². The van der Waals surface area contributed by atoms with Gasteiger partial charge in [0, 0.05) is 43.9 Å². The van der Waals surface area contributed by atoms with Gasteiger partial charge < -0.3 is 14.6 Å². The predicted octanol–water partition coefficient (Wildman–Crippen LogP) is 4.74. The van der Waals surface area contributed by atoms with Gasteiger partial charge >= 0.3 is 5.97 Å². The fourth-order valence-corrected chi connectivity index (χ4v) is 5.85. The maximum absolute atomic E-state index is 12.8. The molecular formula is C26H25ClN4O3S. The molecule has 180 valence electrons. The number of carboxylic acids is 1. The molecule has 1 aliphatic heterocycles. The minimum atomic E-state index is -1.21. The lowest BCUT2D eigenvalue weighted by Crippen LogP contribution is -2.48. The van der Waals surface area contributed by atoms with Crippen LogP contribution in [0.25, 0.3) is 10.3 Å². The number of aromatic nitrogens is 2. The number of carboxylic acid groups (broad SMARTS) is 1. The maximum Gasteiger partial charge on any atom is 0.341 e. The van der Waals surface area contributed by atoms with Gasteiger partial charge in [-0.2, -0.15) is 0 Å². The van der Waals surface area contributed by atoms with Gasteiger partial charge in [0.25, 0.3) is 0 Å². The van der Waals surface area contributed by atoms with Crippen LogP contribution in [-0.2, 0) is 6.54 Å². The van der Waals surface area contributed by atoms with E-state index in [1.165, 1.54) is 28.7 Å². The third-order valence-electron chi connectivity index (χ3n) is 6.43. The highest BCUT2D eigenvalue weighted by Crippen LogP contribution is 2.33. The Kier molecular flexibility index (Phi) is 6.60. The molecule has 4 aromatic rings. The third-order valence-corrected chi connectivity index (χ3v) is 7.78. The van der Waals surface area contributed by atoms with E-state index in [1.807, 2.05) is 25.1 Å². The molecule has 5 rings (SSSR count). The van der Waals surface area contributed by atoms with Crippen molar-refractivity contribution in [2.24, 2.45) is 0 Å². The van der Waals surface area contributed by atoms with E-state index in [2.05, 4.69) is 46.2 Å². The number of fused-ring (bicyclic) bond motifs is 1. The second-order valence-electron chi connectivity index (χ2n) is 8.50. The van der Waals surface area contributed by atoms with Gasteiger partial charge in [-0.05, 0) is 30.2 Å². The number of carbonyl (C=O) groups is 1. The van der Waals surface area contributed by atoms with E-state index in [1.54, 1.807) is 4.57 Å². The summed E-state index contributed by atoms with van der Waals surface area (Å²) in [5.41, 5.74) is 2.28. The molecule has 0 radical (unpaired) electrons. The van der Waals surface area contributed by atoms with Crippen molar-refractivity contribution in [2.75, 3.05) is 31.1 Å². The number of thiazole rings is 1. The van der Waals surface area contributed by atoms with Crippen LogP contribution in [0.5, 0.6) is 0 Å². The zero-order valence-corrected chi connectivity index (χ0v) is 20.8. The van der Waals surface area contributed by atoms with E-state index in [0.29, 0.717) is 21.9 Å². The molecule has 0 saturated carbocycles. The molecule has 0 bridgehead atoms. The van der Waals surface area contributed by atoms with Crippen LogP contribution in [0, 0.1) is 0 Å². The Morgan fingerprint density at radius 1 is 1.06 bits per heavy atom. The van der Waals surface area contributed by atoms with Crippen LogP contribution in [0.3, 0.4) is 0 Å². The molecule has 1 N–H and O–H groups in total. The quantitative estimate of drug-likeness (QED) is 0.405. The zero-order valence-electron chi connectivity index (χ0n) is 19.2. The van der Waals surface area contributed by atoms with E-state index in [0.717, 1.165) is 31.3 Å². The fourth-order valence-electron chi connectivity index (χ4n) is 4.64. The molecule has 1 unspecified atom stereocenters. The number of benzene rings is 2. The summed E-state index contributed by atoms with van der Waals surface area (Å²) in [5.74, 6) is -1.21. The first-order valence-electron chi connectivity index (χ1n) is 11.5. The van der Waals surface area contributed by atoms with Crippen molar-refractivity contribution in [3.8, 4) is 0 Å². The van der Waals surface area contributed by atoms with E-state index in [9.17, 15) is 14.7 Å². The van der Waals surface area contributed by atoms with Gasteiger partial charge in [-0.3, -0.25) is 9.69 Å². The summed E-state index contributed by atoms with van der Waals surface area (Å²) in [6, 6.07) is 18.6. The highest BCUT2D eigenvalue weighted by molar-refractivity contribution is 7.22. The second kappa shape index (κ2) is 9.81. The smallest absolute Gasteiger partial charge is 0.341 e. The van der Waals surface area contributed by atoms with Gasteiger partial charge in [0.2, 0.25) is 5.43 Å². The Morgan fingerprint density at radius 2 is 1.71 bits per heavy atom. The highest BCUT2D eigenvalue weighted by atomic mass is 35.5.